The van der Waals surface area contributed by atoms with E-state index in [9.17, 15) is 0 Å². The third kappa shape index (κ3) is 21.6. The van der Waals surface area contributed by atoms with Crippen LogP contribution >= 0.6 is 37.2 Å². The van der Waals surface area contributed by atoms with Gasteiger partial charge in [0.25, 0.3) is 0 Å². The quantitative estimate of drug-likeness (QED) is 0.474. The van der Waals surface area contributed by atoms with Gasteiger partial charge in [0.15, 0.2) is 0 Å². The number of rotatable bonds is 0. The van der Waals surface area contributed by atoms with Crippen molar-refractivity contribution < 1.29 is 21.8 Å². The molecule has 0 amide bonds. The summed E-state index contributed by atoms with van der Waals surface area (Å²) in [6.45, 7) is 5.61. The second kappa shape index (κ2) is 10.9. The van der Waals surface area contributed by atoms with Gasteiger partial charge < -0.3 is 9.47 Å². The zero-order chi connectivity index (χ0) is 11.6. The molecule has 2 aliphatic rings. The summed E-state index contributed by atoms with van der Waals surface area (Å²) in [4.78, 5) is 0. The molecular weight excluding hydrogens is 318 g/mol. The number of hydrogen-bond acceptors (Lipinski definition) is 2. The molecule has 0 radical (unpaired) electrons. The van der Waals surface area contributed by atoms with E-state index in [1.165, 1.54) is 12.8 Å². The monoisotopic (exact) mass is 330 g/mol. The third-order valence-electron chi connectivity index (χ3n) is 1.40. The summed E-state index contributed by atoms with van der Waals surface area (Å²) in [6.07, 6.45) is 4.75. The van der Waals surface area contributed by atoms with E-state index in [-0.39, 0.29) is 0 Å². The van der Waals surface area contributed by atoms with E-state index in [4.69, 9.17) is 46.7 Å². The van der Waals surface area contributed by atoms with Crippen molar-refractivity contribution in [2.75, 3.05) is 13.2 Å². The Morgan fingerprint density at radius 3 is 1.20 bits per heavy atom. The molecule has 0 aromatic rings. The van der Waals surface area contributed by atoms with E-state index in [1.54, 1.807) is 0 Å². The van der Waals surface area contributed by atoms with Gasteiger partial charge in [-0.25, -0.2) is 13.2 Å². The van der Waals surface area contributed by atoms with Crippen molar-refractivity contribution in [1.29, 1.82) is 0 Å². The second-order valence-corrected chi connectivity index (χ2v) is 18.3. The minimum atomic E-state index is -3.11. The summed E-state index contributed by atoms with van der Waals surface area (Å²) in [5.74, 6) is 0. The van der Waals surface area contributed by atoms with Crippen LogP contribution in [-0.4, -0.2) is 13.2 Å². The first-order valence-electron chi connectivity index (χ1n) is 4.62. The molecule has 2 fully saturated rings. The molecule has 0 atom stereocenters. The first-order chi connectivity index (χ1) is 7.00. The molecule has 0 aliphatic carbocycles. The van der Waals surface area contributed by atoms with Crippen molar-refractivity contribution in [1.82, 2.24) is 0 Å². The molecule has 0 spiro atoms. The van der Waals surface area contributed by atoms with Gasteiger partial charge in [-0.3, -0.25) is 0 Å². The Morgan fingerprint density at radius 2 is 1.13 bits per heavy atom. The average Bonchev–Trinajstić information content (AvgIpc) is 2.81. The van der Waals surface area contributed by atoms with E-state index in [2.05, 4.69) is 0 Å². The van der Waals surface area contributed by atoms with Gasteiger partial charge in [-0.05, 0) is 0 Å². The maximum atomic E-state index is 5.01. The normalized spacial score (nSPS) is 20.0. The Balaban J connectivity index is 0.000000196. The molecule has 92 valence electrons. The van der Waals surface area contributed by atoms with Gasteiger partial charge in [0, 0.05) is 13.2 Å². The molecule has 0 saturated carbocycles. The molecule has 2 nitrogen and oxygen atoms in total. The summed E-state index contributed by atoms with van der Waals surface area (Å²) in [5.41, 5.74) is 0. The van der Waals surface area contributed by atoms with E-state index in [0.717, 1.165) is 26.1 Å². The zero-order valence-corrected chi connectivity index (χ0v) is 12.8. The van der Waals surface area contributed by atoms with Gasteiger partial charge in [-0.1, -0.05) is 12.8 Å². The van der Waals surface area contributed by atoms with E-state index in [0.29, 0.717) is 0 Å². The van der Waals surface area contributed by atoms with Gasteiger partial charge in [0.05, 0.1) is 0 Å². The molecule has 2 saturated heterocycles. The van der Waals surface area contributed by atoms with Crippen molar-refractivity contribution in [2.24, 2.45) is 0 Å². The van der Waals surface area contributed by atoms with Crippen LogP contribution in [0.3, 0.4) is 0 Å². The first-order valence-corrected chi connectivity index (χ1v) is 13.2. The standard InChI is InChI=1S/2C4H7O.4ClH.Ti/c2*1-2-4-5-3-1;;;;;/h2*3H,1-2,4H2;4*1H;/q2*-1;;;;;+4/p-4. The molecular formula is C8H14Cl4O2Ti-2. The Labute approximate surface area is 110 Å². The van der Waals surface area contributed by atoms with Crippen LogP contribution in [0.25, 0.3) is 0 Å². The Bertz CT molecular complexity index is 104. The first kappa shape index (κ1) is 16.8. The van der Waals surface area contributed by atoms with Gasteiger partial charge in [-0.15, -0.1) is 0 Å². The van der Waals surface area contributed by atoms with Crippen molar-refractivity contribution in [3.63, 3.8) is 0 Å². The average molecular weight is 332 g/mol. The van der Waals surface area contributed by atoms with Gasteiger partial charge in [0.1, 0.15) is 0 Å². The minimum absolute atomic E-state index is 0.944. The van der Waals surface area contributed by atoms with Crippen LogP contribution in [0.5, 0.6) is 0 Å². The van der Waals surface area contributed by atoms with Crippen LogP contribution in [0, 0.1) is 13.2 Å². The van der Waals surface area contributed by atoms with Crippen molar-refractivity contribution >= 4 is 37.2 Å². The molecule has 7 heteroatoms. The molecule has 0 unspecified atom stereocenters. The molecule has 2 aliphatic heterocycles. The number of hydrogen-bond donors (Lipinski definition) is 0. The van der Waals surface area contributed by atoms with Crippen molar-refractivity contribution in [3.05, 3.63) is 13.2 Å². The van der Waals surface area contributed by atoms with Crippen LogP contribution in [-0.2, 0) is 21.8 Å². The van der Waals surface area contributed by atoms with Gasteiger partial charge >= 0.3 is 49.6 Å². The molecule has 0 aromatic heterocycles. The Hall–Kier alpha value is 1.79. The summed E-state index contributed by atoms with van der Waals surface area (Å²) in [7, 11) is 20.1. The van der Waals surface area contributed by atoms with Gasteiger partial charge in [0.2, 0.25) is 0 Å². The van der Waals surface area contributed by atoms with Crippen LogP contribution in [0.15, 0.2) is 0 Å². The van der Waals surface area contributed by atoms with E-state index >= 15 is 0 Å². The molecule has 15 heavy (non-hydrogen) atoms. The van der Waals surface area contributed by atoms with E-state index in [1.807, 2.05) is 13.2 Å². The second-order valence-electron chi connectivity index (χ2n) is 2.79. The van der Waals surface area contributed by atoms with Crippen LogP contribution in [0.4, 0.5) is 0 Å². The fourth-order valence-corrected chi connectivity index (χ4v) is 0.833. The molecule has 0 N–H and O–H groups in total. The molecule has 2 rings (SSSR count). The summed E-state index contributed by atoms with van der Waals surface area (Å²) < 4.78 is 9.64. The number of halogens is 4. The van der Waals surface area contributed by atoms with Crippen LogP contribution in [0.2, 0.25) is 0 Å². The fraction of sp³-hybridized carbons (Fsp3) is 0.750. The van der Waals surface area contributed by atoms with E-state index < -0.39 is 12.3 Å². The Morgan fingerprint density at radius 1 is 0.800 bits per heavy atom. The predicted octanol–water partition coefficient (Wildman–Crippen LogP) is 4.67. The molecule has 0 aromatic carbocycles. The SMILES string of the molecule is [CH-]1CCCO1.[CH-]1CCCO1.[Cl][Ti]([Cl])([Cl])[Cl]. The third-order valence-corrected chi connectivity index (χ3v) is 1.40. The number of ether oxygens (including phenoxy) is 2. The topological polar surface area (TPSA) is 18.5 Å². The Kier molecular flexibility index (Phi) is 12.2. The van der Waals surface area contributed by atoms with Gasteiger partial charge in [-0.2, -0.15) is 12.8 Å². The zero-order valence-electron chi connectivity index (χ0n) is 8.23. The fourth-order valence-electron chi connectivity index (χ4n) is 0.833. The predicted molar refractivity (Wildman–Crippen MR) is 62.4 cm³/mol. The van der Waals surface area contributed by atoms with Crippen molar-refractivity contribution in [2.45, 2.75) is 25.7 Å². The summed E-state index contributed by atoms with van der Waals surface area (Å²) in [5, 5.41) is 0. The maximum absolute atomic E-state index is 5.01. The molecule has 2 heterocycles. The summed E-state index contributed by atoms with van der Waals surface area (Å²) in [6, 6.07) is 0. The van der Waals surface area contributed by atoms with Crippen LogP contribution in [0.1, 0.15) is 25.7 Å². The molecule has 0 bridgehead atoms. The summed E-state index contributed by atoms with van der Waals surface area (Å²) >= 11 is -3.11. The van der Waals surface area contributed by atoms with Crippen LogP contribution < -0.4 is 0 Å². The van der Waals surface area contributed by atoms with Crippen molar-refractivity contribution in [3.8, 4) is 0 Å².